The molecular formula is C11H7N3Sn. The molecule has 0 spiro atoms. The van der Waals surface area contributed by atoms with E-state index < -0.39 is 0 Å². The summed E-state index contributed by atoms with van der Waals surface area (Å²) >= 11 is 0. The van der Waals surface area contributed by atoms with Crippen LogP contribution in [0.4, 0.5) is 0 Å². The smallest absolute Gasteiger partial charge is 0.102 e. The van der Waals surface area contributed by atoms with Crippen LogP contribution in [0.15, 0.2) is 42.7 Å². The molecule has 0 atom stereocenters. The van der Waals surface area contributed by atoms with Gasteiger partial charge in [-0.15, -0.1) is 5.10 Å². The maximum absolute atomic E-state index is 4.22. The molecule has 2 aromatic heterocycles. The molecule has 15 heavy (non-hydrogen) atoms. The second kappa shape index (κ2) is 4.10. The maximum Gasteiger partial charge on any atom is 0.102 e. The van der Waals surface area contributed by atoms with E-state index in [2.05, 4.69) is 15.2 Å². The minimum atomic E-state index is 0. The topological polar surface area (TPSA) is 38.7 Å². The van der Waals surface area contributed by atoms with Gasteiger partial charge in [-0.1, -0.05) is 12.1 Å². The first-order valence-electron chi connectivity index (χ1n) is 4.40. The molecule has 0 unspecified atom stereocenters. The average molecular weight is 300 g/mol. The van der Waals surface area contributed by atoms with Crippen LogP contribution in [0.5, 0.6) is 0 Å². The van der Waals surface area contributed by atoms with Gasteiger partial charge in [0.15, 0.2) is 0 Å². The fourth-order valence-electron chi connectivity index (χ4n) is 1.61. The zero-order valence-corrected chi connectivity index (χ0v) is 10.7. The van der Waals surface area contributed by atoms with Crippen molar-refractivity contribution in [1.29, 1.82) is 0 Å². The molecule has 1 aromatic carbocycles. The molecule has 0 amide bonds. The molecular weight excluding hydrogens is 293 g/mol. The van der Waals surface area contributed by atoms with Crippen molar-refractivity contribution in [1.82, 2.24) is 15.2 Å². The van der Waals surface area contributed by atoms with E-state index >= 15 is 0 Å². The molecule has 3 aromatic rings. The third-order valence-corrected chi connectivity index (χ3v) is 2.27. The molecule has 3 nitrogen and oxygen atoms in total. The average Bonchev–Trinajstić information content (AvgIpc) is 2.55. The molecule has 2 heterocycles. The summed E-state index contributed by atoms with van der Waals surface area (Å²) in [7, 11) is 0. The minimum absolute atomic E-state index is 0. The van der Waals surface area contributed by atoms with Crippen molar-refractivity contribution < 1.29 is 0 Å². The van der Waals surface area contributed by atoms with Crippen LogP contribution in [0.25, 0.3) is 21.8 Å². The first kappa shape index (κ1) is 10.3. The van der Waals surface area contributed by atoms with Crippen LogP contribution in [0.1, 0.15) is 0 Å². The number of rotatable bonds is 0. The first-order chi connectivity index (χ1) is 6.95. The third-order valence-electron chi connectivity index (χ3n) is 2.27. The number of hydrogen-bond donors (Lipinski definition) is 0. The number of fused-ring (bicyclic) bond motifs is 3. The van der Waals surface area contributed by atoms with Gasteiger partial charge in [0.2, 0.25) is 0 Å². The Morgan fingerprint density at radius 3 is 2.80 bits per heavy atom. The van der Waals surface area contributed by atoms with Crippen molar-refractivity contribution in [3.63, 3.8) is 0 Å². The summed E-state index contributed by atoms with van der Waals surface area (Å²) in [5.74, 6) is 0. The van der Waals surface area contributed by atoms with Crippen LogP contribution in [-0.4, -0.2) is 39.1 Å². The standard InChI is InChI=1S/C11H7N3.Sn/c1-2-8-3-4-10-9(5-7-12-10)11(8)14-13-6-1;/h1-7H;. The summed E-state index contributed by atoms with van der Waals surface area (Å²) in [6.45, 7) is 0. The van der Waals surface area contributed by atoms with Crippen molar-refractivity contribution >= 4 is 45.7 Å². The van der Waals surface area contributed by atoms with Crippen LogP contribution in [-0.2, 0) is 0 Å². The minimum Gasteiger partial charge on any atom is -0.256 e. The molecule has 0 aliphatic heterocycles. The van der Waals surface area contributed by atoms with E-state index in [0.717, 1.165) is 21.8 Å². The largest absolute Gasteiger partial charge is 0.256 e. The molecule has 0 saturated carbocycles. The SMILES string of the molecule is [Sn].c1cnnc2c(c1)ccc1nccc12. The second-order valence-electron chi connectivity index (χ2n) is 3.10. The molecule has 4 radical (unpaired) electrons. The van der Waals surface area contributed by atoms with Gasteiger partial charge in [0, 0.05) is 47.1 Å². The Hall–Kier alpha value is -1.23. The van der Waals surface area contributed by atoms with Crippen LogP contribution >= 0.6 is 0 Å². The van der Waals surface area contributed by atoms with Crippen LogP contribution in [0.3, 0.4) is 0 Å². The Labute approximate surface area is 104 Å². The zero-order chi connectivity index (χ0) is 9.38. The molecule has 0 N–H and O–H groups in total. The summed E-state index contributed by atoms with van der Waals surface area (Å²) in [5.41, 5.74) is 1.88. The monoisotopic (exact) mass is 301 g/mol. The summed E-state index contributed by atoms with van der Waals surface area (Å²) in [6.07, 6.45) is 3.47. The van der Waals surface area contributed by atoms with E-state index in [0.29, 0.717) is 0 Å². The van der Waals surface area contributed by atoms with Gasteiger partial charge in [-0.05, 0) is 18.2 Å². The Kier molecular flexibility index (Phi) is 2.81. The van der Waals surface area contributed by atoms with E-state index in [9.17, 15) is 0 Å². The molecule has 4 heteroatoms. The summed E-state index contributed by atoms with van der Waals surface area (Å²) in [4.78, 5) is 4.22. The molecule has 3 rings (SSSR count). The number of hydrogen-bond acceptors (Lipinski definition) is 3. The Balaban J connectivity index is 0.000000853. The zero-order valence-electron chi connectivity index (χ0n) is 7.88. The van der Waals surface area contributed by atoms with Crippen molar-refractivity contribution in [2.45, 2.75) is 0 Å². The molecule has 0 aliphatic carbocycles. The van der Waals surface area contributed by atoms with Gasteiger partial charge in [-0.2, -0.15) is 5.10 Å². The quantitative estimate of drug-likeness (QED) is 0.594. The molecule has 0 bridgehead atoms. The Bertz CT molecular complexity index is 610. The first-order valence-corrected chi connectivity index (χ1v) is 4.40. The summed E-state index contributed by atoms with van der Waals surface area (Å²) < 4.78 is 0. The van der Waals surface area contributed by atoms with E-state index in [4.69, 9.17) is 0 Å². The van der Waals surface area contributed by atoms with Crippen LogP contribution in [0, 0.1) is 0 Å². The fourth-order valence-corrected chi connectivity index (χ4v) is 1.61. The van der Waals surface area contributed by atoms with Crippen molar-refractivity contribution in [3.8, 4) is 0 Å². The molecule has 70 valence electrons. The number of benzene rings is 1. The fraction of sp³-hybridized carbons (Fsp3) is 0. The van der Waals surface area contributed by atoms with Gasteiger partial charge in [0.1, 0.15) is 5.52 Å². The second-order valence-corrected chi connectivity index (χ2v) is 3.10. The Morgan fingerprint density at radius 1 is 0.933 bits per heavy atom. The van der Waals surface area contributed by atoms with Crippen molar-refractivity contribution in [3.05, 3.63) is 42.7 Å². The van der Waals surface area contributed by atoms with Gasteiger partial charge in [-0.25, -0.2) is 0 Å². The van der Waals surface area contributed by atoms with Gasteiger partial charge >= 0.3 is 0 Å². The van der Waals surface area contributed by atoms with E-state index in [-0.39, 0.29) is 23.9 Å². The molecule has 0 saturated heterocycles. The summed E-state index contributed by atoms with van der Waals surface area (Å²) in [6, 6.07) is 9.87. The van der Waals surface area contributed by atoms with Crippen LogP contribution < -0.4 is 0 Å². The third kappa shape index (κ3) is 1.67. The predicted octanol–water partition coefficient (Wildman–Crippen LogP) is 1.80. The Morgan fingerprint density at radius 2 is 1.87 bits per heavy atom. The number of nitrogens with zero attached hydrogens (tertiary/aromatic N) is 3. The van der Waals surface area contributed by atoms with E-state index in [1.54, 1.807) is 12.4 Å². The van der Waals surface area contributed by atoms with Crippen LogP contribution in [0.2, 0.25) is 0 Å². The molecule has 0 aliphatic rings. The normalized spacial score (nSPS) is 10.1. The predicted molar refractivity (Wildman–Crippen MR) is 60.6 cm³/mol. The van der Waals surface area contributed by atoms with E-state index in [1.807, 2.05) is 30.3 Å². The van der Waals surface area contributed by atoms with Gasteiger partial charge in [0.05, 0.1) is 5.52 Å². The maximum atomic E-state index is 4.22. The van der Waals surface area contributed by atoms with Gasteiger partial charge in [0.25, 0.3) is 0 Å². The van der Waals surface area contributed by atoms with Gasteiger partial charge in [-0.3, -0.25) is 4.98 Å². The summed E-state index contributed by atoms with van der Waals surface area (Å²) in [5, 5.41) is 10.2. The van der Waals surface area contributed by atoms with Crippen molar-refractivity contribution in [2.75, 3.05) is 0 Å². The van der Waals surface area contributed by atoms with E-state index in [1.165, 1.54) is 0 Å². The van der Waals surface area contributed by atoms with Crippen molar-refractivity contribution in [2.24, 2.45) is 0 Å². The number of aromatic nitrogens is 3. The molecule has 0 fully saturated rings. The van der Waals surface area contributed by atoms with Gasteiger partial charge < -0.3 is 0 Å².